The van der Waals surface area contributed by atoms with E-state index >= 15 is 0 Å². The van der Waals surface area contributed by atoms with Gasteiger partial charge in [-0.05, 0) is 30.4 Å². The van der Waals surface area contributed by atoms with E-state index in [0.717, 1.165) is 34.8 Å². The van der Waals surface area contributed by atoms with E-state index in [9.17, 15) is 0 Å². The molecule has 0 atom stereocenters. The van der Waals surface area contributed by atoms with E-state index in [1.807, 2.05) is 12.1 Å². The average molecular weight is 201 g/mol. The zero-order chi connectivity index (χ0) is 10.3. The van der Waals surface area contributed by atoms with Crippen molar-refractivity contribution in [2.24, 2.45) is 11.7 Å². The van der Waals surface area contributed by atoms with Gasteiger partial charge in [0.25, 0.3) is 0 Å². The molecule has 0 amide bonds. The predicted molar refractivity (Wildman–Crippen MR) is 60.4 cm³/mol. The maximum Gasteiger partial charge on any atom is 0.107 e. The number of imidazole rings is 1. The van der Waals surface area contributed by atoms with Crippen molar-refractivity contribution in [3.8, 4) is 0 Å². The van der Waals surface area contributed by atoms with Gasteiger partial charge in [0, 0.05) is 13.0 Å². The second-order valence-corrected chi connectivity index (χ2v) is 4.35. The zero-order valence-corrected chi connectivity index (χ0v) is 8.66. The van der Waals surface area contributed by atoms with Crippen LogP contribution in [0.5, 0.6) is 0 Å². The molecule has 1 heterocycles. The zero-order valence-electron chi connectivity index (χ0n) is 8.66. The highest BCUT2D eigenvalue weighted by Gasteiger charge is 2.23. The Morgan fingerprint density at radius 3 is 3.00 bits per heavy atom. The molecular formula is C12H15N3. The summed E-state index contributed by atoms with van der Waals surface area (Å²) in [5.74, 6) is 1.99. The Kier molecular flexibility index (Phi) is 1.99. The first-order chi connectivity index (χ1) is 7.36. The summed E-state index contributed by atoms with van der Waals surface area (Å²) >= 11 is 0. The molecule has 0 unspecified atom stereocenters. The third-order valence-electron chi connectivity index (χ3n) is 3.04. The molecule has 1 aliphatic rings. The quantitative estimate of drug-likeness (QED) is 0.797. The lowest BCUT2D eigenvalue weighted by molar-refractivity contribution is 0.787. The van der Waals surface area contributed by atoms with Crippen molar-refractivity contribution in [1.82, 2.24) is 9.97 Å². The van der Waals surface area contributed by atoms with Gasteiger partial charge in [-0.3, -0.25) is 0 Å². The molecule has 3 rings (SSSR count). The summed E-state index contributed by atoms with van der Waals surface area (Å²) in [7, 11) is 0. The minimum Gasteiger partial charge on any atom is -0.342 e. The normalized spacial score (nSPS) is 16.1. The number of para-hydroxylation sites is 1. The lowest BCUT2D eigenvalue weighted by Gasteiger charge is -1.95. The second kappa shape index (κ2) is 3.35. The van der Waals surface area contributed by atoms with Crippen molar-refractivity contribution in [3.05, 3.63) is 29.6 Å². The minimum absolute atomic E-state index is 0.561. The van der Waals surface area contributed by atoms with Crippen LogP contribution in [0.2, 0.25) is 0 Å². The number of nitrogens with one attached hydrogen (secondary N) is 1. The largest absolute Gasteiger partial charge is 0.342 e. The molecule has 0 bridgehead atoms. The average Bonchev–Trinajstić information content (AvgIpc) is 2.95. The van der Waals surface area contributed by atoms with E-state index < -0.39 is 0 Å². The van der Waals surface area contributed by atoms with E-state index in [-0.39, 0.29) is 0 Å². The van der Waals surface area contributed by atoms with Crippen molar-refractivity contribution in [1.29, 1.82) is 0 Å². The molecule has 0 aliphatic heterocycles. The van der Waals surface area contributed by atoms with Crippen LogP contribution in [0.4, 0.5) is 0 Å². The first kappa shape index (κ1) is 8.92. The molecule has 3 nitrogen and oxygen atoms in total. The summed E-state index contributed by atoms with van der Waals surface area (Å²) in [5.41, 5.74) is 8.99. The first-order valence-electron chi connectivity index (χ1n) is 5.53. The summed E-state index contributed by atoms with van der Waals surface area (Å²) in [4.78, 5) is 8.00. The molecule has 1 aliphatic carbocycles. The topological polar surface area (TPSA) is 54.7 Å². The minimum atomic E-state index is 0.561. The van der Waals surface area contributed by atoms with Gasteiger partial charge in [0.15, 0.2) is 0 Å². The molecule has 1 aromatic heterocycles. The Hall–Kier alpha value is -1.35. The second-order valence-electron chi connectivity index (χ2n) is 4.35. The molecule has 3 N–H and O–H groups in total. The Bertz CT molecular complexity index is 483. The molecule has 1 fully saturated rings. The van der Waals surface area contributed by atoms with Gasteiger partial charge in [-0.25, -0.2) is 4.98 Å². The number of benzene rings is 1. The van der Waals surface area contributed by atoms with Crippen molar-refractivity contribution in [3.63, 3.8) is 0 Å². The molecule has 1 aromatic carbocycles. The fourth-order valence-electron chi connectivity index (χ4n) is 2.00. The van der Waals surface area contributed by atoms with Gasteiger partial charge >= 0.3 is 0 Å². The van der Waals surface area contributed by atoms with E-state index in [1.54, 1.807) is 0 Å². The van der Waals surface area contributed by atoms with Crippen molar-refractivity contribution in [2.45, 2.75) is 25.8 Å². The molecule has 0 saturated heterocycles. The number of fused-ring (bicyclic) bond motifs is 1. The lowest BCUT2D eigenvalue weighted by atomic mass is 10.2. The standard InChI is InChI=1S/C12H15N3/c13-7-9-2-1-3-10-12(9)15-11(14-10)6-8-4-5-8/h1-3,8H,4-7,13H2,(H,14,15). The fourth-order valence-corrected chi connectivity index (χ4v) is 2.00. The van der Waals surface area contributed by atoms with Crippen LogP contribution >= 0.6 is 0 Å². The number of H-pyrrole nitrogens is 1. The highest BCUT2D eigenvalue weighted by Crippen LogP contribution is 2.32. The summed E-state index contributed by atoms with van der Waals surface area (Å²) in [6.07, 6.45) is 3.82. The van der Waals surface area contributed by atoms with Gasteiger partial charge in [0.05, 0.1) is 11.0 Å². The third kappa shape index (κ3) is 1.63. The molecule has 15 heavy (non-hydrogen) atoms. The SMILES string of the molecule is NCc1cccc2[nH]c(CC3CC3)nc12. The number of rotatable bonds is 3. The van der Waals surface area contributed by atoms with Gasteiger partial charge in [-0.2, -0.15) is 0 Å². The van der Waals surface area contributed by atoms with Crippen LogP contribution in [-0.4, -0.2) is 9.97 Å². The monoisotopic (exact) mass is 201 g/mol. The maximum absolute atomic E-state index is 5.68. The van der Waals surface area contributed by atoms with Gasteiger partial charge in [-0.15, -0.1) is 0 Å². The molecule has 0 radical (unpaired) electrons. The van der Waals surface area contributed by atoms with E-state index in [1.165, 1.54) is 12.8 Å². The van der Waals surface area contributed by atoms with Gasteiger partial charge in [-0.1, -0.05) is 12.1 Å². The Morgan fingerprint density at radius 2 is 2.27 bits per heavy atom. The number of nitrogens with zero attached hydrogens (tertiary/aromatic N) is 1. The maximum atomic E-state index is 5.68. The van der Waals surface area contributed by atoms with Crippen LogP contribution < -0.4 is 5.73 Å². The van der Waals surface area contributed by atoms with Crippen LogP contribution in [0.15, 0.2) is 18.2 Å². The number of aromatic amines is 1. The highest BCUT2D eigenvalue weighted by molar-refractivity contribution is 5.78. The summed E-state index contributed by atoms with van der Waals surface area (Å²) in [5, 5.41) is 0. The fraction of sp³-hybridized carbons (Fsp3) is 0.417. The first-order valence-corrected chi connectivity index (χ1v) is 5.53. The van der Waals surface area contributed by atoms with Gasteiger partial charge < -0.3 is 10.7 Å². The van der Waals surface area contributed by atoms with Crippen LogP contribution in [-0.2, 0) is 13.0 Å². The molecule has 1 saturated carbocycles. The summed E-state index contributed by atoms with van der Waals surface area (Å²) < 4.78 is 0. The van der Waals surface area contributed by atoms with Crippen LogP contribution in [0.3, 0.4) is 0 Å². The van der Waals surface area contributed by atoms with Crippen molar-refractivity contribution in [2.75, 3.05) is 0 Å². The van der Waals surface area contributed by atoms with Crippen LogP contribution in [0.25, 0.3) is 11.0 Å². The van der Waals surface area contributed by atoms with Gasteiger partial charge in [0.2, 0.25) is 0 Å². The summed E-state index contributed by atoms with van der Waals surface area (Å²) in [6, 6.07) is 6.14. The van der Waals surface area contributed by atoms with E-state index in [0.29, 0.717) is 6.54 Å². The van der Waals surface area contributed by atoms with E-state index in [4.69, 9.17) is 5.73 Å². The Balaban J connectivity index is 2.03. The van der Waals surface area contributed by atoms with Crippen molar-refractivity contribution >= 4 is 11.0 Å². The summed E-state index contributed by atoms with van der Waals surface area (Å²) in [6.45, 7) is 0.561. The van der Waals surface area contributed by atoms with Crippen molar-refractivity contribution < 1.29 is 0 Å². The molecular weight excluding hydrogens is 186 g/mol. The van der Waals surface area contributed by atoms with Gasteiger partial charge in [0.1, 0.15) is 5.82 Å². The smallest absolute Gasteiger partial charge is 0.107 e. The predicted octanol–water partition coefficient (Wildman–Crippen LogP) is 1.97. The molecule has 3 heteroatoms. The molecule has 78 valence electrons. The van der Waals surface area contributed by atoms with Crippen LogP contribution in [0, 0.1) is 5.92 Å². The third-order valence-corrected chi connectivity index (χ3v) is 3.04. The highest BCUT2D eigenvalue weighted by atomic mass is 14.9. The number of nitrogens with two attached hydrogens (primary N) is 1. The van der Waals surface area contributed by atoms with Crippen LogP contribution in [0.1, 0.15) is 24.2 Å². The Morgan fingerprint density at radius 1 is 1.40 bits per heavy atom. The molecule has 0 spiro atoms. The number of hydrogen-bond donors (Lipinski definition) is 2. The number of aromatic nitrogens is 2. The number of hydrogen-bond acceptors (Lipinski definition) is 2. The Labute approximate surface area is 88.7 Å². The van der Waals surface area contributed by atoms with E-state index in [2.05, 4.69) is 16.0 Å². The lowest BCUT2D eigenvalue weighted by Crippen LogP contribution is -1.96. The molecule has 2 aromatic rings.